The Hall–Kier alpha value is -2.93. The fraction of sp³-hybridized carbons (Fsp3) is 0.333. The molecular weight excluding hydrogens is 492 g/mol. The van der Waals surface area contributed by atoms with Gasteiger partial charge in [0.05, 0.1) is 10.6 Å². The van der Waals surface area contributed by atoms with Crippen molar-refractivity contribution >= 4 is 27.2 Å². The predicted octanol–water partition coefficient (Wildman–Crippen LogP) is 4.00. The van der Waals surface area contributed by atoms with E-state index in [1.165, 1.54) is 12.1 Å². The summed E-state index contributed by atoms with van der Waals surface area (Å²) in [5.74, 6) is -2.29. The number of carbonyl (C=O) groups is 2. The van der Waals surface area contributed by atoms with Gasteiger partial charge in [0.15, 0.2) is 9.84 Å². The van der Waals surface area contributed by atoms with Gasteiger partial charge in [0.25, 0.3) is 17.3 Å². The van der Waals surface area contributed by atoms with E-state index in [9.17, 15) is 49.5 Å². The van der Waals surface area contributed by atoms with Crippen molar-refractivity contribution in [2.24, 2.45) is 5.92 Å². The predicted molar refractivity (Wildman–Crippen MR) is 107 cm³/mol. The molecule has 1 amide bonds. The maximum Gasteiger partial charge on any atom is 0.430 e. The van der Waals surface area contributed by atoms with E-state index < -0.39 is 45.0 Å². The number of anilines is 1. The second-order valence-electron chi connectivity index (χ2n) is 7.82. The Bertz CT molecular complexity index is 1170. The quantitative estimate of drug-likeness (QED) is 0.334. The van der Waals surface area contributed by atoms with Gasteiger partial charge in [-0.3, -0.25) is 9.59 Å². The Labute approximate surface area is 189 Å². The highest BCUT2D eigenvalue weighted by atomic mass is 32.2. The van der Waals surface area contributed by atoms with Gasteiger partial charge in [-0.05, 0) is 55.2 Å². The van der Waals surface area contributed by atoms with Crippen LogP contribution in [0, 0.1) is 5.92 Å². The third kappa shape index (κ3) is 5.09. The van der Waals surface area contributed by atoms with Gasteiger partial charge in [0.2, 0.25) is 0 Å². The topological polar surface area (TPSA) is 101 Å². The number of hydrogen-bond donors (Lipinski definition) is 2. The lowest BCUT2D eigenvalue weighted by atomic mass is 9.92. The summed E-state index contributed by atoms with van der Waals surface area (Å²) in [4.78, 5) is 24.4. The summed E-state index contributed by atoms with van der Waals surface area (Å²) in [6.07, 6.45) is -10.5. The fourth-order valence-electron chi connectivity index (χ4n) is 3.11. The Morgan fingerprint density at radius 2 is 1.38 bits per heavy atom. The normalized spacial score (nSPS) is 15.1. The van der Waals surface area contributed by atoms with Gasteiger partial charge in [-0.2, -0.15) is 26.3 Å². The van der Waals surface area contributed by atoms with Crippen molar-refractivity contribution in [2.75, 3.05) is 11.1 Å². The first-order valence-corrected chi connectivity index (χ1v) is 11.4. The SMILES string of the molecule is O=C(Nc1ccc(C(O)(C(F)(F)F)C(F)(F)F)cc1)C(=O)c1ccc(S(=O)(=O)CC2CC2)cc1. The molecular formula is C21H17F6NO5S. The third-order valence-corrected chi connectivity index (χ3v) is 7.12. The first-order chi connectivity index (χ1) is 15.6. The molecule has 0 aromatic heterocycles. The molecule has 0 saturated heterocycles. The zero-order chi connectivity index (χ0) is 25.5. The lowest BCUT2D eigenvalue weighted by Gasteiger charge is -2.32. The monoisotopic (exact) mass is 509 g/mol. The number of rotatable bonds is 7. The second kappa shape index (κ2) is 8.69. The molecule has 0 bridgehead atoms. The van der Waals surface area contributed by atoms with Gasteiger partial charge in [0.1, 0.15) is 0 Å². The number of Topliss-reactive ketones (excluding diaryl/α,β-unsaturated/α-hetero) is 1. The van der Waals surface area contributed by atoms with Crippen molar-refractivity contribution < 1.29 is 49.5 Å². The molecule has 13 heteroatoms. The van der Waals surface area contributed by atoms with Crippen LogP contribution >= 0.6 is 0 Å². The fourth-order valence-corrected chi connectivity index (χ4v) is 4.80. The number of ketones is 1. The minimum Gasteiger partial charge on any atom is -0.369 e. The highest BCUT2D eigenvalue weighted by Gasteiger charge is 2.71. The van der Waals surface area contributed by atoms with E-state index in [2.05, 4.69) is 0 Å². The molecule has 0 atom stereocenters. The molecule has 1 aliphatic rings. The molecule has 0 heterocycles. The molecule has 184 valence electrons. The van der Waals surface area contributed by atoms with E-state index >= 15 is 0 Å². The molecule has 2 aromatic carbocycles. The molecule has 34 heavy (non-hydrogen) atoms. The summed E-state index contributed by atoms with van der Waals surface area (Å²) < 4.78 is 102. The largest absolute Gasteiger partial charge is 0.430 e. The number of aliphatic hydroxyl groups is 1. The van der Waals surface area contributed by atoms with Gasteiger partial charge in [-0.1, -0.05) is 12.1 Å². The molecule has 2 aromatic rings. The standard InChI is InChI=1S/C21H17F6NO5S/c22-20(23,24)19(31,21(25,26)27)14-5-7-15(8-6-14)28-18(30)17(29)13-3-9-16(10-4-13)34(32,33)11-12-1-2-12/h3-10,12,31H,1-2,11H2,(H,28,30). The number of amides is 1. The Morgan fingerprint density at radius 1 is 0.882 bits per heavy atom. The average Bonchev–Trinajstić information content (AvgIpc) is 3.55. The van der Waals surface area contributed by atoms with Crippen LogP contribution < -0.4 is 5.32 Å². The second-order valence-corrected chi connectivity index (χ2v) is 9.85. The molecule has 1 aliphatic carbocycles. The lowest BCUT2D eigenvalue weighted by molar-refractivity contribution is -0.376. The maximum absolute atomic E-state index is 12.9. The van der Waals surface area contributed by atoms with E-state index in [0.717, 1.165) is 25.0 Å². The molecule has 1 saturated carbocycles. The molecule has 6 nitrogen and oxygen atoms in total. The van der Waals surface area contributed by atoms with Crippen LogP contribution in [0.1, 0.15) is 28.8 Å². The smallest absolute Gasteiger partial charge is 0.369 e. The average molecular weight is 509 g/mol. The van der Waals surface area contributed by atoms with E-state index in [1.54, 1.807) is 0 Å². The summed E-state index contributed by atoms with van der Waals surface area (Å²) >= 11 is 0. The van der Waals surface area contributed by atoms with Crippen LogP contribution in [0.2, 0.25) is 0 Å². The zero-order valence-corrected chi connectivity index (χ0v) is 17.9. The summed E-state index contributed by atoms with van der Waals surface area (Å²) in [6.45, 7) is 0. The summed E-state index contributed by atoms with van der Waals surface area (Å²) in [6, 6.07) is 6.55. The number of nitrogens with one attached hydrogen (secondary N) is 1. The van der Waals surface area contributed by atoms with Crippen molar-refractivity contribution in [3.63, 3.8) is 0 Å². The number of halogens is 6. The van der Waals surface area contributed by atoms with Crippen LogP contribution in [-0.4, -0.2) is 43.3 Å². The van der Waals surface area contributed by atoms with Gasteiger partial charge in [-0.15, -0.1) is 0 Å². The minimum atomic E-state index is -6.07. The molecule has 0 radical (unpaired) electrons. The van der Waals surface area contributed by atoms with E-state index in [1.807, 2.05) is 5.32 Å². The Kier molecular flexibility index (Phi) is 6.57. The molecule has 0 spiro atoms. The molecule has 2 N–H and O–H groups in total. The van der Waals surface area contributed by atoms with Crippen LogP contribution in [0.15, 0.2) is 53.4 Å². The van der Waals surface area contributed by atoms with Crippen molar-refractivity contribution in [3.05, 3.63) is 59.7 Å². The number of sulfone groups is 1. The van der Waals surface area contributed by atoms with E-state index in [0.29, 0.717) is 24.3 Å². The molecule has 0 unspecified atom stereocenters. The van der Waals surface area contributed by atoms with Crippen LogP contribution in [-0.2, 0) is 20.2 Å². The highest BCUT2D eigenvalue weighted by molar-refractivity contribution is 7.91. The van der Waals surface area contributed by atoms with Crippen LogP contribution in [0.3, 0.4) is 0 Å². The number of alkyl halides is 6. The van der Waals surface area contributed by atoms with Gasteiger partial charge in [-0.25, -0.2) is 8.42 Å². The summed E-state index contributed by atoms with van der Waals surface area (Å²) in [5, 5.41) is 11.4. The van der Waals surface area contributed by atoms with Crippen LogP contribution in [0.25, 0.3) is 0 Å². The zero-order valence-electron chi connectivity index (χ0n) is 17.1. The van der Waals surface area contributed by atoms with Gasteiger partial charge < -0.3 is 10.4 Å². The first-order valence-electron chi connectivity index (χ1n) is 9.71. The first kappa shape index (κ1) is 25.7. The minimum absolute atomic E-state index is 0.0193. The molecule has 1 fully saturated rings. The number of benzene rings is 2. The van der Waals surface area contributed by atoms with Gasteiger partial charge in [0, 0.05) is 16.8 Å². The van der Waals surface area contributed by atoms with Gasteiger partial charge >= 0.3 is 12.4 Å². The summed E-state index contributed by atoms with van der Waals surface area (Å²) in [7, 11) is -3.54. The highest BCUT2D eigenvalue weighted by Crippen LogP contribution is 2.50. The number of carbonyl (C=O) groups excluding carboxylic acids is 2. The van der Waals surface area contributed by atoms with Crippen LogP contribution in [0.4, 0.5) is 32.0 Å². The number of hydrogen-bond acceptors (Lipinski definition) is 5. The van der Waals surface area contributed by atoms with E-state index in [-0.39, 0.29) is 27.8 Å². The van der Waals surface area contributed by atoms with Crippen molar-refractivity contribution in [3.8, 4) is 0 Å². The van der Waals surface area contributed by atoms with E-state index in [4.69, 9.17) is 0 Å². The van der Waals surface area contributed by atoms with Crippen molar-refractivity contribution in [1.82, 2.24) is 0 Å². The van der Waals surface area contributed by atoms with Crippen molar-refractivity contribution in [2.45, 2.75) is 35.7 Å². The van der Waals surface area contributed by atoms with Crippen molar-refractivity contribution in [1.29, 1.82) is 0 Å². The Morgan fingerprint density at radius 3 is 1.82 bits per heavy atom. The molecule has 0 aliphatic heterocycles. The maximum atomic E-state index is 12.9. The third-order valence-electron chi connectivity index (χ3n) is 5.21. The lowest BCUT2D eigenvalue weighted by Crippen LogP contribution is -2.53. The van der Waals surface area contributed by atoms with Crippen LogP contribution in [0.5, 0.6) is 0 Å². The molecule has 3 rings (SSSR count). The summed E-state index contributed by atoms with van der Waals surface area (Å²) in [5.41, 5.74) is -7.14. The Balaban J connectivity index is 1.72.